The first-order chi connectivity index (χ1) is 8.25. The topological polar surface area (TPSA) is 17.1 Å². The van der Waals surface area contributed by atoms with E-state index in [0.717, 1.165) is 12.0 Å². The number of Topliss-reactive ketones (excluding diaryl/α,β-unsaturated/α-hetero) is 1. The summed E-state index contributed by atoms with van der Waals surface area (Å²) < 4.78 is 12.7. The molecule has 0 saturated carbocycles. The van der Waals surface area contributed by atoms with Crippen LogP contribution in [0.2, 0.25) is 0 Å². The molecule has 0 aromatic heterocycles. The summed E-state index contributed by atoms with van der Waals surface area (Å²) in [5, 5.41) is 0. The van der Waals surface area contributed by atoms with Gasteiger partial charge in [-0.25, -0.2) is 4.39 Å². The Morgan fingerprint density at radius 1 is 1.18 bits per heavy atom. The molecule has 0 radical (unpaired) electrons. The van der Waals surface area contributed by atoms with E-state index in [1.807, 2.05) is 30.4 Å². The van der Waals surface area contributed by atoms with Gasteiger partial charge in [0.05, 0.1) is 0 Å². The maximum Gasteiger partial charge on any atom is 0.167 e. The van der Waals surface area contributed by atoms with E-state index in [1.165, 1.54) is 24.3 Å². The van der Waals surface area contributed by atoms with Gasteiger partial charge in [0.15, 0.2) is 5.78 Å². The van der Waals surface area contributed by atoms with Crippen LogP contribution in [0.3, 0.4) is 0 Å². The molecule has 0 aliphatic heterocycles. The Labute approximate surface area is 100.0 Å². The number of hydrogen-bond donors (Lipinski definition) is 0. The number of carbonyl (C=O) groups is 1. The average Bonchev–Trinajstić information content (AvgIpc) is 2.58. The molecule has 0 atom stereocenters. The van der Waals surface area contributed by atoms with Crippen LogP contribution in [-0.4, -0.2) is 5.78 Å². The SMILES string of the molecule is O=C(CC1=CC=CCC=C1)c1ccc(F)cc1. The molecule has 1 aromatic rings. The van der Waals surface area contributed by atoms with Gasteiger partial charge >= 0.3 is 0 Å². The molecule has 1 aliphatic carbocycles. The molecule has 17 heavy (non-hydrogen) atoms. The highest BCUT2D eigenvalue weighted by Gasteiger charge is 2.07. The molecule has 86 valence electrons. The van der Waals surface area contributed by atoms with Crippen molar-refractivity contribution >= 4 is 5.78 Å². The molecule has 0 amide bonds. The van der Waals surface area contributed by atoms with Crippen LogP contribution in [-0.2, 0) is 0 Å². The summed E-state index contributed by atoms with van der Waals surface area (Å²) in [5.41, 5.74) is 1.53. The van der Waals surface area contributed by atoms with E-state index >= 15 is 0 Å². The summed E-state index contributed by atoms with van der Waals surface area (Å²) in [7, 11) is 0. The third kappa shape index (κ3) is 3.25. The molecule has 0 heterocycles. The Hall–Kier alpha value is -1.96. The fourth-order valence-corrected chi connectivity index (χ4v) is 1.66. The molecule has 1 nitrogen and oxygen atoms in total. The van der Waals surface area contributed by atoms with Crippen LogP contribution < -0.4 is 0 Å². The van der Waals surface area contributed by atoms with Crippen LogP contribution in [0.15, 0.2) is 60.2 Å². The minimum Gasteiger partial charge on any atom is -0.294 e. The van der Waals surface area contributed by atoms with Crippen molar-refractivity contribution in [2.75, 3.05) is 0 Å². The molecule has 1 aliphatic rings. The van der Waals surface area contributed by atoms with Crippen LogP contribution in [0.25, 0.3) is 0 Å². The van der Waals surface area contributed by atoms with Gasteiger partial charge in [-0.15, -0.1) is 0 Å². The second-order valence-electron chi connectivity index (χ2n) is 3.91. The van der Waals surface area contributed by atoms with Crippen LogP contribution in [0.1, 0.15) is 23.2 Å². The minimum absolute atomic E-state index is 0.0104. The molecule has 0 N–H and O–H groups in total. The Morgan fingerprint density at radius 2 is 1.94 bits per heavy atom. The molecule has 2 heteroatoms. The predicted molar refractivity (Wildman–Crippen MR) is 66.3 cm³/mol. The average molecular weight is 228 g/mol. The zero-order valence-corrected chi connectivity index (χ0v) is 9.40. The molecule has 1 aromatic carbocycles. The molecule has 0 unspecified atom stereocenters. The van der Waals surface area contributed by atoms with Crippen molar-refractivity contribution in [3.05, 3.63) is 71.6 Å². The predicted octanol–water partition coefficient (Wildman–Crippen LogP) is 3.84. The summed E-state index contributed by atoms with van der Waals surface area (Å²) in [6.07, 6.45) is 11.1. The molecule has 0 fully saturated rings. The van der Waals surface area contributed by atoms with Gasteiger partial charge in [-0.1, -0.05) is 30.4 Å². The number of ketones is 1. The number of benzene rings is 1. The maximum atomic E-state index is 12.7. The summed E-state index contributed by atoms with van der Waals surface area (Å²) >= 11 is 0. The Balaban J connectivity index is 2.09. The van der Waals surface area contributed by atoms with Crippen LogP contribution in [0, 0.1) is 5.82 Å². The van der Waals surface area contributed by atoms with Crippen molar-refractivity contribution < 1.29 is 9.18 Å². The third-order valence-corrected chi connectivity index (χ3v) is 2.58. The number of carbonyl (C=O) groups excluding carboxylic acids is 1. The van der Waals surface area contributed by atoms with Crippen LogP contribution >= 0.6 is 0 Å². The van der Waals surface area contributed by atoms with Gasteiger partial charge in [0.2, 0.25) is 0 Å². The van der Waals surface area contributed by atoms with E-state index in [4.69, 9.17) is 0 Å². The van der Waals surface area contributed by atoms with Crippen molar-refractivity contribution in [2.24, 2.45) is 0 Å². The van der Waals surface area contributed by atoms with Gasteiger partial charge in [0.25, 0.3) is 0 Å². The lowest BCUT2D eigenvalue weighted by Gasteiger charge is -2.01. The van der Waals surface area contributed by atoms with Gasteiger partial charge in [0, 0.05) is 12.0 Å². The first kappa shape index (κ1) is 11.5. The van der Waals surface area contributed by atoms with Crippen molar-refractivity contribution in [3.63, 3.8) is 0 Å². The Morgan fingerprint density at radius 3 is 2.71 bits per heavy atom. The van der Waals surface area contributed by atoms with Gasteiger partial charge in [-0.2, -0.15) is 0 Å². The molecular weight excluding hydrogens is 215 g/mol. The zero-order valence-electron chi connectivity index (χ0n) is 9.40. The Kier molecular flexibility index (Phi) is 3.66. The Bertz CT molecular complexity index is 492. The number of rotatable bonds is 3. The standard InChI is InChI=1S/C15H13FO/c16-14-9-7-13(8-10-14)15(17)11-12-5-3-1-2-4-6-12/h1,3-10H,2,11H2. The van der Waals surface area contributed by atoms with E-state index in [1.54, 1.807) is 0 Å². The number of halogens is 1. The van der Waals surface area contributed by atoms with Crippen molar-refractivity contribution in [2.45, 2.75) is 12.8 Å². The lowest BCUT2D eigenvalue weighted by molar-refractivity contribution is 0.0994. The van der Waals surface area contributed by atoms with E-state index in [-0.39, 0.29) is 11.6 Å². The molecule has 0 saturated heterocycles. The number of allylic oxidation sites excluding steroid dienone is 6. The zero-order chi connectivity index (χ0) is 12.1. The fourth-order valence-electron chi connectivity index (χ4n) is 1.66. The highest BCUT2D eigenvalue weighted by Crippen LogP contribution is 2.13. The minimum atomic E-state index is -0.321. The molecule has 0 bridgehead atoms. The monoisotopic (exact) mass is 228 g/mol. The van der Waals surface area contributed by atoms with Gasteiger partial charge in [-0.05, 0) is 36.3 Å². The van der Waals surface area contributed by atoms with Crippen LogP contribution in [0.5, 0.6) is 0 Å². The first-order valence-electron chi connectivity index (χ1n) is 5.57. The second kappa shape index (κ2) is 5.39. The molecule has 2 rings (SSSR count). The molecular formula is C15H13FO. The largest absolute Gasteiger partial charge is 0.294 e. The van der Waals surface area contributed by atoms with Crippen molar-refractivity contribution in [1.29, 1.82) is 0 Å². The number of hydrogen-bond acceptors (Lipinski definition) is 1. The van der Waals surface area contributed by atoms with Crippen molar-refractivity contribution in [1.82, 2.24) is 0 Å². The fraction of sp³-hybridized carbons (Fsp3) is 0.133. The summed E-state index contributed by atoms with van der Waals surface area (Å²) in [4.78, 5) is 11.9. The van der Waals surface area contributed by atoms with Crippen LogP contribution in [0.4, 0.5) is 4.39 Å². The lowest BCUT2D eigenvalue weighted by atomic mass is 10.0. The third-order valence-electron chi connectivity index (χ3n) is 2.58. The molecule has 0 spiro atoms. The van der Waals surface area contributed by atoms with E-state index in [9.17, 15) is 9.18 Å². The van der Waals surface area contributed by atoms with E-state index in [2.05, 4.69) is 0 Å². The van der Waals surface area contributed by atoms with Gasteiger partial charge in [0.1, 0.15) is 5.82 Å². The highest BCUT2D eigenvalue weighted by atomic mass is 19.1. The van der Waals surface area contributed by atoms with Gasteiger partial charge in [-0.3, -0.25) is 4.79 Å². The van der Waals surface area contributed by atoms with E-state index < -0.39 is 0 Å². The lowest BCUT2D eigenvalue weighted by Crippen LogP contribution is -2.00. The quantitative estimate of drug-likeness (QED) is 0.718. The normalized spacial score (nSPS) is 14.3. The van der Waals surface area contributed by atoms with Gasteiger partial charge < -0.3 is 0 Å². The summed E-state index contributed by atoms with van der Waals surface area (Å²) in [6, 6.07) is 5.66. The summed E-state index contributed by atoms with van der Waals surface area (Å²) in [5.74, 6) is -0.311. The maximum absolute atomic E-state index is 12.7. The summed E-state index contributed by atoms with van der Waals surface area (Å²) in [6.45, 7) is 0. The van der Waals surface area contributed by atoms with E-state index in [0.29, 0.717) is 12.0 Å². The van der Waals surface area contributed by atoms with Crippen molar-refractivity contribution in [3.8, 4) is 0 Å². The smallest absolute Gasteiger partial charge is 0.167 e. The highest BCUT2D eigenvalue weighted by molar-refractivity contribution is 5.97. The first-order valence-corrected chi connectivity index (χ1v) is 5.57. The second-order valence-corrected chi connectivity index (χ2v) is 3.91.